The van der Waals surface area contributed by atoms with E-state index in [4.69, 9.17) is 4.74 Å². The van der Waals surface area contributed by atoms with Crippen molar-refractivity contribution in [2.24, 2.45) is 5.92 Å². The molecule has 0 radical (unpaired) electrons. The van der Waals surface area contributed by atoms with E-state index >= 15 is 0 Å². The Balaban J connectivity index is 1.72. The number of amides is 1. The van der Waals surface area contributed by atoms with Crippen LogP contribution in [0.2, 0.25) is 0 Å². The molecule has 2 fully saturated rings. The highest BCUT2D eigenvalue weighted by Gasteiger charge is 2.39. The molecular formula is C15H27NO3. The lowest BCUT2D eigenvalue weighted by molar-refractivity contribution is -0.134. The number of β-amino-alcohol motifs (C(OH)–C–C–N with tert-alkyl or cyclic N) is 1. The third kappa shape index (κ3) is 3.93. The van der Waals surface area contributed by atoms with Crippen molar-refractivity contribution in [3.63, 3.8) is 0 Å². The van der Waals surface area contributed by atoms with E-state index in [0.717, 1.165) is 44.8 Å². The van der Waals surface area contributed by atoms with Gasteiger partial charge in [0.2, 0.25) is 5.91 Å². The van der Waals surface area contributed by atoms with E-state index in [9.17, 15) is 9.90 Å². The van der Waals surface area contributed by atoms with Gasteiger partial charge < -0.3 is 14.7 Å². The topological polar surface area (TPSA) is 49.8 Å². The van der Waals surface area contributed by atoms with Crippen molar-refractivity contribution in [3.8, 4) is 0 Å². The average Bonchev–Trinajstić information content (AvgIpc) is 2.64. The maximum Gasteiger partial charge on any atom is 0.223 e. The van der Waals surface area contributed by atoms with Gasteiger partial charge in [0.15, 0.2) is 0 Å². The quantitative estimate of drug-likeness (QED) is 0.848. The normalized spacial score (nSPS) is 27.7. The second-order valence-electron chi connectivity index (χ2n) is 6.62. The smallest absolute Gasteiger partial charge is 0.223 e. The summed E-state index contributed by atoms with van der Waals surface area (Å²) in [6.45, 7) is 6.34. The van der Waals surface area contributed by atoms with Crippen LogP contribution >= 0.6 is 0 Å². The summed E-state index contributed by atoms with van der Waals surface area (Å²) in [4.78, 5) is 14.1. The van der Waals surface area contributed by atoms with Gasteiger partial charge in [-0.3, -0.25) is 4.79 Å². The summed E-state index contributed by atoms with van der Waals surface area (Å²) in [5.74, 6) is 0.937. The van der Waals surface area contributed by atoms with Gasteiger partial charge in [0, 0.05) is 31.7 Å². The first kappa shape index (κ1) is 14.8. The van der Waals surface area contributed by atoms with Crippen LogP contribution in [0.15, 0.2) is 0 Å². The minimum Gasteiger partial charge on any atom is -0.391 e. The number of likely N-dealkylation sites (tertiary alicyclic amines) is 1. The number of aliphatic hydroxyl groups is 1. The van der Waals surface area contributed by atoms with Gasteiger partial charge in [-0.05, 0) is 51.9 Å². The van der Waals surface area contributed by atoms with Crippen molar-refractivity contribution >= 4 is 5.91 Å². The first-order valence-corrected chi connectivity index (χ1v) is 7.55. The first-order chi connectivity index (χ1) is 8.99. The molecule has 1 atom stereocenters. The van der Waals surface area contributed by atoms with Gasteiger partial charge in [0.1, 0.15) is 0 Å². The molecule has 2 saturated heterocycles. The molecule has 2 aliphatic heterocycles. The average molecular weight is 269 g/mol. The van der Waals surface area contributed by atoms with Gasteiger partial charge in [-0.1, -0.05) is 0 Å². The molecule has 1 N–H and O–H groups in total. The summed E-state index contributed by atoms with van der Waals surface area (Å²) >= 11 is 0. The van der Waals surface area contributed by atoms with Crippen molar-refractivity contribution in [2.45, 2.75) is 64.0 Å². The molecule has 110 valence electrons. The molecule has 4 heteroatoms. The van der Waals surface area contributed by atoms with Crippen LogP contribution in [0.4, 0.5) is 0 Å². The largest absolute Gasteiger partial charge is 0.391 e. The zero-order valence-electron chi connectivity index (χ0n) is 12.2. The number of hydrogen-bond acceptors (Lipinski definition) is 3. The Morgan fingerprint density at radius 1 is 1.37 bits per heavy atom. The Labute approximate surface area is 116 Å². The van der Waals surface area contributed by atoms with Gasteiger partial charge in [0.25, 0.3) is 0 Å². The highest BCUT2D eigenvalue weighted by Crippen LogP contribution is 2.30. The fourth-order valence-corrected chi connectivity index (χ4v) is 3.36. The molecule has 0 spiro atoms. The van der Waals surface area contributed by atoms with E-state index in [-0.39, 0.29) is 17.6 Å². The highest BCUT2D eigenvalue weighted by molar-refractivity contribution is 5.77. The number of aliphatic hydroxyl groups excluding tert-OH is 1. The van der Waals surface area contributed by atoms with Crippen LogP contribution in [0.3, 0.4) is 0 Å². The molecule has 0 saturated carbocycles. The van der Waals surface area contributed by atoms with Crippen molar-refractivity contribution in [2.75, 3.05) is 19.8 Å². The molecule has 2 aliphatic rings. The summed E-state index contributed by atoms with van der Waals surface area (Å²) in [7, 11) is 0. The number of ether oxygens (including phenoxy) is 1. The molecule has 1 amide bonds. The fourth-order valence-electron chi connectivity index (χ4n) is 3.36. The Morgan fingerprint density at radius 3 is 2.63 bits per heavy atom. The van der Waals surface area contributed by atoms with Crippen molar-refractivity contribution in [3.05, 3.63) is 0 Å². The van der Waals surface area contributed by atoms with Crippen LogP contribution in [0.5, 0.6) is 0 Å². The minimum atomic E-state index is -0.352. The lowest BCUT2D eigenvalue weighted by atomic mass is 9.94. The summed E-state index contributed by atoms with van der Waals surface area (Å²) in [6, 6.07) is 0. The van der Waals surface area contributed by atoms with E-state index in [1.165, 1.54) is 0 Å². The van der Waals surface area contributed by atoms with Gasteiger partial charge in [-0.15, -0.1) is 0 Å². The number of nitrogens with zero attached hydrogens (tertiary/aromatic N) is 1. The summed E-state index contributed by atoms with van der Waals surface area (Å²) in [5, 5.41) is 9.71. The van der Waals surface area contributed by atoms with E-state index in [1.807, 2.05) is 18.7 Å². The van der Waals surface area contributed by atoms with Crippen LogP contribution in [-0.4, -0.2) is 47.3 Å². The summed E-state index contributed by atoms with van der Waals surface area (Å²) < 4.78 is 5.34. The van der Waals surface area contributed by atoms with Gasteiger partial charge >= 0.3 is 0 Å². The molecule has 0 aromatic heterocycles. The predicted octanol–water partition coefficient (Wildman–Crippen LogP) is 1.96. The molecule has 0 aliphatic carbocycles. The lowest BCUT2D eigenvalue weighted by Crippen LogP contribution is -2.42. The first-order valence-electron chi connectivity index (χ1n) is 7.55. The second-order valence-corrected chi connectivity index (χ2v) is 6.62. The van der Waals surface area contributed by atoms with Crippen LogP contribution in [0.25, 0.3) is 0 Å². The minimum absolute atomic E-state index is 0.185. The van der Waals surface area contributed by atoms with Crippen molar-refractivity contribution < 1.29 is 14.6 Å². The van der Waals surface area contributed by atoms with E-state index in [1.54, 1.807) is 0 Å². The predicted molar refractivity (Wildman–Crippen MR) is 73.8 cm³/mol. The molecular weight excluding hydrogens is 242 g/mol. The molecule has 1 unspecified atom stereocenters. The van der Waals surface area contributed by atoms with E-state index in [2.05, 4.69) is 0 Å². The van der Waals surface area contributed by atoms with Crippen LogP contribution < -0.4 is 0 Å². The molecule has 2 heterocycles. The Hall–Kier alpha value is -0.610. The Bertz CT molecular complexity index is 311. The molecule has 19 heavy (non-hydrogen) atoms. The molecule has 4 nitrogen and oxygen atoms in total. The number of carbonyl (C=O) groups excluding carboxylic acids is 1. The zero-order chi connectivity index (χ0) is 13.9. The lowest BCUT2D eigenvalue weighted by Gasteiger charge is -2.31. The fraction of sp³-hybridized carbons (Fsp3) is 0.933. The zero-order valence-corrected chi connectivity index (χ0v) is 12.2. The highest BCUT2D eigenvalue weighted by atomic mass is 16.5. The summed E-state index contributed by atoms with van der Waals surface area (Å²) in [5.41, 5.74) is -0.185. The van der Waals surface area contributed by atoms with Gasteiger partial charge in [-0.2, -0.15) is 0 Å². The molecule has 2 rings (SSSR count). The third-order valence-electron chi connectivity index (χ3n) is 4.50. The van der Waals surface area contributed by atoms with Crippen LogP contribution in [0.1, 0.15) is 52.4 Å². The van der Waals surface area contributed by atoms with E-state index in [0.29, 0.717) is 19.4 Å². The van der Waals surface area contributed by atoms with E-state index < -0.39 is 0 Å². The molecule has 0 bridgehead atoms. The molecule has 0 aromatic carbocycles. The SMILES string of the molecule is CC1(C)CC(O)CN1C(=O)CCCC1CCOCC1. The molecule has 0 aromatic rings. The number of hydrogen-bond donors (Lipinski definition) is 1. The van der Waals surface area contributed by atoms with Gasteiger partial charge in [0.05, 0.1) is 6.10 Å². The van der Waals surface area contributed by atoms with Crippen molar-refractivity contribution in [1.82, 2.24) is 4.90 Å². The second kappa shape index (κ2) is 6.23. The monoisotopic (exact) mass is 269 g/mol. The number of carbonyl (C=O) groups is 1. The maximum absolute atomic E-state index is 12.2. The third-order valence-corrected chi connectivity index (χ3v) is 4.50. The van der Waals surface area contributed by atoms with Gasteiger partial charge in [-0.25, -0.2) is 0 Å². The Kier molecular flexibility index (Phi) is 4.85. The van der Waals surface area contributed by atoms with Crippen molar-refractivity contribution in [1.29, 1.82) is 0 Å². The summed E-state index contributed by atoms with van der Waals surface area (Å²) in [6.07, 6.45) is 5.34. The Morgan fingerprint density at radius 2 is 2.05 bits per heavy atom. The maximum atomic E-state index is 12.2. The number of rotatable bonds is 4. The standard InChI is InChI=1S/C15H27NO3/c1-15(2)10-13(17)11-16(15)14(18)5-3-4-12-6-8-19-9-7-12/h12-13,17H,3-11H2,1-2H3. The van der Waals surface area contributed by atoms with Crippen LogP contribution in [0, 0.1) is 5.92 Å². The van der Waals surface area contributed by atoms with Crippen LogP contribution in [-0.2, 0) is 9.53 Å².